The Labute approximate surface area is 118 Å². The number of aliphatic hydroxyl groups is 2. The molecule has 2 aromatic heterocycles. The zero-order valence-corrected chi connectivity index (χ0v) is 11.1. The van der Waals surface area contributed by atoms with Crippen LogP contribution in [-0.2, 0) is 0 Å². The van der Waals surface area contributed by atoms with Crippen molar-refractivity contribution in [3.05, 3.63) is 16.0 Å². The smallest absolute Gasteiger partial charge is 0.280 e. The summed E-state index contributed by atoms with van der Waals surface area (Å²) >= 11 is 4.11. The van der Waals surface area contributed by atoms with E-state index in [2.05, 4.69) is 38.1 Å². The number of hydrogen-bond donors (Lipinski definition) is 7. The van der Waals surface area contributed by atoms with Crippen molar-refractivity contribution in [2.24, 2.45) is 0 Å². The fourth-order valence-corrected chi connectivity index (χ4v) is 2.76. The first-order valence-electron chi connectivity index (χ1n) is 5.99. The summed E-state index contributed by atoms with van der Waals surface area (Å²) in [5.41, 5.74) is 5.84. The average molecular weight is 298 g/mol. The van der Waals surface area contributed by atoms with Gasteiger partial charge in [-0.25, -0.2) is 4.98 Å². The third-order valence-electron chi connectivity index (χ3n) is 3.46. The van der Waals surface area contributed by atoms with Crippen molar-refractivity contribution >= 4 is 29.6 Å². The monoisotopic (exact) mass is 298 g/mol. The molecule has 10 heteroatoms. The number of thiol groups is 1. The number of nitrogens with zero attached hydrogens (tertiary/aromatic N) is 2. The second-order valence-electron chi connectivity index (χ2n) is 4.70. The maximum atomic E-state index is 11.7. The minimum Gasteiger partial charge on any atom is -0.389 e. The highest BCUT2D eigenvalue weighted by Gasteiger charge is 2.42. The van der Waals surface area contributed by atoms with Crippen LogP contribution in [0, 0.1) is 0 Å². The molecular weight excluding hydrogens is 284 g/mol. The molecule has 2 aromatic rings. The van der Waals surface area contributed by atoms with Crippen LogP contribution < -0.4 is 16.6 Å². The highest BCUT2D eigenvalue weighted by atomic mass is 32.1. The zero-order valence-electron chi connectivity index (χ0n) is 10.2. The van der Waals surface area contributed by atoms with E-state index in [1.165, 1.54) is 0 Å². The van der Waals surface area contributed by atoms with Crippen LogP contribution in [0.15, 0.2) is 4.79 Å². The molecule has 4 atom stereocenters. The van der Waals surface area contributed by atoms with Crippen LogP contribution in [-0.4, -0.2) is 54.4 Å². The van der Waals surface area contributed by atoms with Gasteiger partial charge in [-0.15, -0.1) is 0 Å². The van der Waals surface area contributed by atoms with Gasteiger partial charge in [0.1, 0.15) is 11.6 Å². The Bertz CT molecular complexity index is 700. The number of hydrogen-bond acceptors (Lipinski definition) is 8. The van der Waals surface area contributed by atoms with E-state index in [1.54, 1.807) is 0 Å². The normalized spacial score (nSPS) is 30.1. The first-order valence-corrected chi connectivity index (χ1v) is 6.63. The molecule has 0 radical (unpaired) electrons. The van der Waals surface area contributed by atoms with E-state index < -0.39 is 23.8 Å². The minimum absolute atomic E-state index is 0.0380. The van der Waals surface area contributed by atoms with Crippen molar-refractivity contribution < 1.29 is 10.2 Å². The maximum absolute atomic E-state index is 11.7. The van der Waals surface area contributed by atoms with Gasteiger partial charge in [-0.2, -0.15) is 17.7 Å². The Kier molecular flexibility index (Phi) is 3.17. The van der Waals surface area contributed by atoms with Crippen LogP contribution >= 0.6 is 12.6 Å². The molecule has 0 bridgehead atoms. The van der Waals surface area contributed by atoms with Gasteiger partial charge in [0.25, 0.3) is 5.56 Å². The summed E-state index contributed by atoms with van der Waals surface area (Å²) in [6, 6.07) is -0.989. The van der Waals surface area contributed by atoms with Crippen LogP contribution in [0.2, 0.25) is 0 Å². The fourth-order valence-electron chi connectivity index (χ4n) is 2.44. The van der Waals surface area contributed by atoms with Gasteiger partial charge in [0, 0.05) is 11.8 Å². The van der Waals surface area contributed by atoms with Gasteiger partial charge >= 0.3 is 0 Å². The van der Waals surface area contributed by atoms with Crippen LogP contribution in [0.4, 0.5) is 5.95 Å². The number of fused-ring (bicyclic) bond motifs is 1. The molecule has 0 aliphatic carbocycles. The average Bonchev–Trinajstić information content (AvgIpc) is 2.93. The van der Waals surface area contributed by atoms with Gasteiger partial charge < -0.3 is 21.3 Å². The molecule has 0 unspecified atom stereocenters. The van der Waals surface area contributed by atoms with E-state index in [1.807, 2.05) is 0 Å². The Morgan fingerprint density at radius 2 is 2.05 bits per heavy atom. The van der Waals surface area contributed by atoms with Crippen molar-refractivity contribution in [1.29, 1.82) is 0 Å². The number of aromatic amines is 2. The number of rotatable bonds is 2. The lowest BCUT2D eigenvalue weighted by atomic mass is 10.1. The van der Waals surface area contributed by atoms with Gasteiger partial charge in [-0.05, 0) is 0 Å². The van der Waals surface area contributed by atoms with E-state index in [0.29, 0.717) is 11.4 Å². The third-order valence-corrected chi connectivity index (χ3v) is 3.85. The summed E-state index contributed by atoms with van der Waals surface area (Å²) in [4.78, 5) is 18.1. The van der Waals surface area contributed by atoms with Gasteiger partial charge in [-0.3, -0.25) is 14.9 Å². The van der Waals surface area contributed by atoms with E-state index in [-0.39, 0.29) is 23.0 Å². The highest BCUT2D eigenvalue weighted by Crippen LogP contribution is 2.29. The first kappa shape index (κ1) is 13.4. The lowest BCUT2D eigenvalue weighted by molar-refractivity contribution is 0.0303. The summed E-state index contributed by atoms with van der Waals surface area (Å²) in [5.74, 6) is 0.320. The highest BCUT2D eigenvalue weighted by molar-refractivity contribution is 7.80. The second-order valence-corrected chi connectivity index (χ2v) is 5.07. The number of nitrogen functional groups attached to an aromatic ring is 1. The maximum Gasteiger partial charge on any atom is 0.280 e. The molecule has 108 valence electrons. The van der Waals surface area contributed by atoms with E-state index in [9.17, 15) is 15.0 Å². The van der Waals surface area contributed by atoms with Crippen molar-refractivity contribution in [2.75, 3.05) is 11.5 Å². The minimum atomic E-state index is -1.06. The Balaban J connectivity index is 2.09. The number of aliphatic hydroxyl groups excluding tert-OH is 2. The van der Waals surface area contributed by atoms with Crippen LogP contribution in [0.25, 0.3) is 11.0 Å². The van der Waals surface area contributed by atoms with Gasteiger partial charge in [0.05, 0.1) is 17.8 Å². The number of anilines is 1. The number of H-pyrrole nitrogens is 2. The van der Waals surface area contributed by atoms with Crippen LogP contribution in [0.3, 0.4) is 0 Å². The molecule has 9 nitrogen and oxygen atoms in total. The molecule has 1 aliphatic rings. The molecule has 1 saturated heterocycles. The molecule has 0 saturated carbocycles. The summed E-state index contributed by atoms with van der Waals surface area (Å²) in [6.45, 7) is 0. The molecular formula is C10H14N6O3S. The predicted molar refractivity (Wildman–Crippen MR) is 74.5 cm³/mol. The van der Waals surface area contributed by atoms with Crippen molar-refractivity contribution in [3.63, 3.8) is 0 Å². The lowest BCUT2D eigenvalue weighted by Gasteiger charge is -2.14. The molecule has 1 aliphatic heterocycles. The molecule has 7 N–H and O–H groups in total. The molecule has 20 heavy (non-hydrogen) atoms. The molecule has 3 heterocycles. The first-order chi connectivity index (χ1) is 9.52. The zero-order chi connectivity index (χ0) is 14.4. The van der Waals surface area contributed by atoms with Crippen molar-refractivity contribution in [3.8, 4) is 0 Å². The van der Waals surface area contributed by atoms with Gasteiger partial charge in [0.15, 0.2) is 5.52 Å². The predicted octanol–water partition coefficient (Wildman–Crippen LogP) is -2.11. The molecule has 0 aromatic carbocycles. The summed E-state index contributed by atoms with van der Waals surface area (Å²) in [5, 5.41) is 29.6. The molecule has 1 fully saturated rings. The largest absolute Gasteiger partial charge is 0.389 e. The van der Waals surface area contributed by atoms with Crippen molar-refractivity contribution in [1.82, 2.24) is 25.5 Å². The van der Waals surface area contributed by atoms with Crippen LogP contribution in [0.1, 0.15) is 11.7 Å². The Hall–Kier alpha value is -1.62. The third kappa shape index (κ3) is 1.88. The van der Waals surface area contributed by atoms with E-state index >= 15 is 0 Å². The topological polar surface area (TPSA) is 153 Å². The van der Waals surface area contributed by atoms with Crippen molar-refractivity contribution in [2.45, 2.75) is 24.3 Å². The van der Waals surface area contributed by atoms with E-state index in [0.717, 1.165) is 0 Å². The summed E-state index contributed by atoms with van der Waals surface area (Å²) in [7, 11) is 0. The summed E-state index contributed by atoms with van der Waals surface area (Å²) < 4.78 is 0. The summed E-state index contributed by atoms with van der Waals surface area (Å²) in [6.07, 6.45) is -2.02. The number of nitrogens with two attached hydrogens (primary N) is 1. The molecule has 3 rings (SSSR count). The lowest BCUT2D eigenvalue weighted by Crippen LogP contribution is -2.34. The molecule has 0 spiro atoms. The quantitative estimate of drug-likeness (QED) is 0.313. The Morgan fingerprint density at radius 1 is 1.30 bits per heavy atom. The van der Waals surface area contributed by atoms with Crippen LogP contribution in [0.5, 0.6) is 0 Å². The SMILES string of the molecule is Nc1nc2c([C@@H]3N[C@H](CS)[C@@H](O)[C@H]3O)[nH]nc2c(=O)[nH]1. The second kappa shape index (κ2) is 4.74. The Morgan fingerprint density at radius 3 is 2.70 bits per heavy atom. The molecule has 0 amide bonds. The number of nitrogens with one attached hydrogen (secondary N) is 3. The number of aromatic nitrogens is 4. The van der Waals surface area contributed by atoms with Gasteiger partial charge in [-0.1, -0.05) is 0 Å². The fraction of sp³-hybridized carbons (Fsp3) is 0.500. The standard InChI is InChI=1S/C10H14N6O3S/c11-10-13-3-4(15-16-6(3)9(19)14-10)5-8(18)7(17)2(1-20)12-5/h2,5,7-8,12,17-18,20H,1H2,(H,15,16)(H3,11,13,14,19)/t2-,5+,7-,8+/m1/s1. The van der Waals surface area contributed by atoms with Gasteiger partial charge in [0.2, 0.25) is 5.95 Å². The van der Waals surface area contributed by atoms with E-state index in [4.69, 9.17) is 5.73 Å².